The lowest BCUT2D eigenvalue weighted by Crippen LogP contribution is -2.39. The summed E-state index contributed by atoms with van der Waals surface area (Å²) < 4.78 is 6.03. The molecule has 1 heterocycles. The summed E-state index contributed by atoms with van der Waals surface area (Å²) in [5.41, 5.74) is 0.964. The molecular formula is C17H22Cl2N2O2. The number of amides is 1. The monoisotopic (exact) mass is 356 g/mol. The van der Waals surface area contributed by atoms with Crippen molar-refractivity contribution in [3.05, 3.63) is 27.7 Å². The Hall–Kier alpha value is -0.970. The zero-order chi connectivity index (χ0) is 16.2. The highest BCUT2D eigenvalue weighted by Gasteiger charge is 2.31. The third-order valence-corrected chi connectivity index (χ3v) is 5.48. The molecule has 1 aromatic rings. The van der Waals surface area contributed by atoms with Gasteiger partial charge in [0.05, 0.1) is 11.1 Å². The van der Waals surface area contributed by atoms with Crippen LogP contribution in [0.15, 0.2) is 12.1 Å². The van der Waals surface area contributed by atoms with E-state index >= 15 is 0 Å². The van der Waals surface area contributed by atoms with Gasteiger partial charge in [-0.25, -0.2) is 0 Å². The first-order valence-electron chi connectivity index (χ1n) is 8.20. The maximum Gasteiger partial charge on any atom is 0.207 e. The van der Waals surface area contributed by atoms with E-state index in [1.165, 1.54) is 12.8 Å². The molecule has 1 aromatic carbocycles. The number of rotatable bonds is 7. The van der Waals surface area contributed by atoms with Crippen LogP contribution in [0.5, 0.6) is 5.75 Å². The molecule has 1 amide bonds. The van der Waals surface area contributed by atoms with Crippen molar-refractivity contribution in [3.8, 4) is 5.75 Å². The summed E-state index contributed by atoms with van der Waals surface area (Å²) in [5.74, 6) is 1.22. The van der Waals surface area contributed by atoms with Crippen LogP contribution in [0.1, 0.15) is 31.2 Å². The van der Waals surface area contributed by atoms with Crippen LogP contribution < -0.4 is 10.1 Å². The predicted molar refractivity (Wildman–Crippen MR) is 92.2 cm³/mol. The summed E-state index contributed by atoms with van der Waals surface area (Å²) in [6.45, 7) is 3.71. The quantitative estimate of drug-likeness (QED) is 0.760. The minimum Gasteiger partial charge on any atom is -0.489 e. The fourth-order valence-electron chi connectivity index (χ4n) is 3.31. The highest BCUT2D eigenvalue weighted by molar-refractivity contribution is 6.36. The van der Waals surface area contributed by atoms with Gasteiger partial charge in [-0.1, -0.05) is 23.2 Å². The van der Waals surface area contributed by atoms with Gasteiger partial charge < -0.3 is 10.1 Å². The number of likely N-dealkylation sites (tertiary alicyclic amines) is 1. The Morgan fingerprint density at radius 1 is 1.26 bits per heavy atom. The van der Waals surface area contributed by atoms with E-state index in [2.05, 4.69) is 10.2 Å². The molecule has 1 aliphatic heterocycles. The van der Waals surface area contributed by atoms with Crippen LogP contribution in [0.4, 0.5) is 0 Å². The number of hydrogen-bond acceptors (Lipinski definition) is 3. The van der Waals surface area contributed by atoms with Gasteiger partial charge in [0.1, 0.15) is 5.75 Å². The van der Waals surface area contributed by atoms with E-state index in [0.717, 1.165) is 56.7 Å². The molecule has 1 aliphatic carbocycles. The lowest BCUT2D eigenvalue weighted by molar-refractivity contribution is -0.110. The van der Waals surface area contributed by atoms with Gasteiger partial charge in [-0.3, -0.25) is 9.69 Å². The van der Waals surface area contributed by atoms with Crippen molar-refractivity contribution in [2.24, 2.45) is 5.92 Å². The second-order valence-electron chi connectivity index (χ2n) is 6.42. The summed E-state index contributed by atoms with van der Waals surface area (Å²) in [6.07, 6.45) is 5.29. The maximum atomic E-state index is 10.3. The van der Waals surface area contributed by atoms with Gasteiger partial charge in [0, 0.05) is 23.7 Å². The van der Waals surface area contributed by atoms with E-state index in [-0.39, 0.29) is 6.10 Å². The second-order valence-corrected chi connectivity index (χ2v) is 7.21. The van der Waals surface area contributed by atoms with Crippen molar-refractivity contribution < 1.29 is 9.53 Å². The molecule has 23 heavy (non-hydrogen) atoms. The molecule has 0 aromatic heterocycles. The van der Waals surface area contributed by atoms with Crippen molar-refractivity contribution in [3.63, 3.8) is 0 Å². The fraction of sp³-hybridized carbons (Fsp3) is 0.588. The summed E-state index contributed by atoms with van der Waals surface area (Å²) in [7, 11) is 0. The minimum atomic E-state index is 0.173. The number of halogens is 2. The Kier molecular flexibility index (Phi) is 5.67. The number of benzene rings is 1. The molecule has 0 atom stereocenters. The number of nitrogens with zero attached hydrogens (tertiary/aromatic N) is 1. The largest absolute Gasteiger partial charge is 0.489 e. The van der Waals surface area contributed by atoms with Crippen LogP contribution in [0.2, 0.25) is 10.0 Å². The van der Waals surface area contributed by atoms with E-state index in [4.69, 9.17) is 27.9 Å². The van der Waals surface area contributed by atoms with Crippen LogP contribution in [0.3, 0.4) is 0 Å². The number of nitrogens with one attached hydrogen (secondary N) is 1. The number of ether oxygens (including phenoxy) is 1. The van der Waals surface area contributed by atoms with Gasteiger partial charge in [0.25, 0.3) is 0 Å². The molecule has 0 bridgehead atoms. The lowest BCUT2D eigenvalue weighted by Gasteiger charge is -2.35. The molecular weight excluding hydrogens is 335 g/mol. The molecule has 1 N–H and O–H groups in total. The van der Waals surface area contributed by atoms with E-state index < -0.39 is 0 Å². The molecule has 6 heteroatoms. The average molecular weight is 357 g/mol. The molecule has 4 nitrogen and oxygen atoms in total. The van der Waals surface area contributed by atoms with Crippen LogP contribution in [-0.4, -0.2) is 37.0 Å². The van der Waals surface area contributed by atoms with Gasteiger partial charge in [-0.05, 0) is 56.8 Å². The Balaban J connectivity index is 1.60. The normalized spacial score (nSPS) is 24.3. The Morgan fingerprint density at radius 2 is 2.00 bits per heavy atom. The molecule has 126 valence electrons. The summed E-state index contributed by atoms with van der Waals surface area (Å²) in [6, 6.07) is 3.73. The molecule has 2 aliphatic rings. The van der Waals surface area contributed by atoms with Crippen LogP contribution in [0, 0.1) is 5.92 Å². The summed E-state index contributed by atoms with van der Waals surface area (Å²) in [4.78, 5) is 12.7. The van der Waals surface area contributed by atoms with E-state index in [1.54, 1.807) is 0 Å². The molecule has 3 rings (SSSR count). The average Bonchev–Trinajstić information content (AvgIpc) is 3.01. The zero-order valence-corrected chi connectivity index (χ0v) is 14.6. The first kappa shape index (κ1) is 16.9. The van der Waals surface area contributed by atoms with Gasteiger partial charge >= 0.3 is 0 Å². The maximum absolute atomic E-state index is 10.3. The van der Waals surface area contributed by atoms with Gasteiger partial charge in [-0.15, -0.1) is 0 Å². The van der Waals surface area contributed by atoms with Crippen LogP contribution in [0.25, 0.3) is 0 Å². The van der Waals surface area contributed by atoms with Crippen molar-refractivity contribution in [2.75, 3.05) is 19.6 Å². The van der Waals surface area contributed by atoms with Crippen molar-refractivity contribution in [2.45, 2.75) is 38.3 Å². The molecule has 0 radical (unpaired) electrons. The molecule has 0 unspecified atom stereocenters. The smallest absolute Gasteiger partial charge is 0.207 e. The van der Waals surface area contributed by atoms with Crippen molar-refractivity contribution >= 4 is 29.6 Å². The highest BCUT2D eigenvalue weighted by Crippen LogP contribution is 2.38. The van der Waals surface area contributed by atoms with Gasteiger partial charge in [-0.2, -0.15) is 0 Å². The molecule has 2 fully saturated rings. The van der Waals surface area contributed by atoms with E-state index in [1.807, 2.05) is 12.1 Å². The molecule has 1 saturated heterocycles. The van der Waals surface area contributed by atoms with Crippen molar-refractivity contribution in [1.29, 1.82) is 0 Å². The predicted octanol–water partition coefficient (Wildman–Crippen LogP) is 3.49. The van der Waals surface area contributed by atoms with E-state index in [9.17, 15) is 4.79 Å². The first-order valence-corrected chi connectivity index (χ1v) is 8.96. The third-order valence-electron chi connectivity index (χ3n) is 4.71. The highest BCUT2D eigenvalue weighted by atomic mass is 35.5. The SMILES string of the molecule is O=CNCC1CC(Oc2ccc(Cl)c(CN3CCCC3)c2Cl)C1. The summed E-state index contributed by atoms with van der Waals surface area (Å²) >= 11 is 12.9. The van der Waals surface area contributed by atoms with Gasteiger partial charge in [0.2, 0.25) is 6.41 Å². The Bertz CT molecular complexity index is 556. The fourth-order valence-corrected chi connectivity index (χ4v) is 3.84. The lowest BCUT2D eigenvalue weighted by atomic mass is 9.82. The van der Waals surface area contributed by atoms with E-state index in [0.29, 0.717) is 16.0 Å². The van der Waals surface area contributed by atoms with Crippen molar-refractivity contribution in [1.82, 2.24) is 10.2 Å². The number of carbonyl (C=O) groups is 1. The molecule has 0 spiro atoms. The van der Waals surface area contributed by atoms with Gasteiger partial charge in [0.15, 0.2) is 0 Å². The minimum absolute atomic E-state index is 0.173. The third kappa shape index (κ3) is 4.11. The standard InChI is InChI=1S/C17H22Cl2N2O2/c18-15-3-4-16(23-13-7-12(8-13)9-20-11-22)17(19)14(15)10-21-5-1-2-6-21/h3-4,11-13H,1-2,5-10H2,(H,20,22). The Labute approximate surface area is 147 Å². The Morgan fingerprint density at radius 3 is 2.70 bits per heavy atom. The summed E-state index contributed by atoms with van der Waals surface area (Å²) in [5, 5.41) is 4.06. The number of hydrogen-bond donors (Lipinski definition) is 1. The van der Waals surface area contributed by atoms with Crippen LogP contribution >= 0.6 is 23.2 Å². The van der Waals surface area contributed by atoms with Crippen LogP contribution in [-0.2, 0) is 11.3 Å². The molecule has 1 saturated carbocycles. The first-order chi connectivity index (χ1) is 11.2. The second kappa shape index (κ2) is 7.73. The zero-order valence-electron chi connectivity index (χ0n) is 13.1. The topological polar surface area (TPSA) is 41.6 Å². The number of carbonyl (C=O) groups excluding carboxylic acids is 1.